The number of nitrogens with zero attached hydrogens (tertiary/aromatic N) is 1. The van der Waals surface area contributed by atoms with Gasteiger partial charge in [0.05, 0.1) is 17.5 Å². The van der Waals surface area contributed by atoms with E-state index < -0.39 is 34.8 Å². The third-order valence-electron chi connectivity index (χ3n) is 3.67. The third-order valence-corrected chi connectivity index (χ3v) is 3.67. The first-order valence-electron chi connectivity index (χ1n) is 7.62. The van der Waals surface area contributed by atoms with Crippen LogP contribution in [0.5, 0.6) is 17.2 Å². The molecule has 138 valence electrons. The predicted molar refractivity (Wildman–Crippen MR) is 89.8 cm³/mol. The van der Waals surface area contributed by atoms with Crippen LogP contribution < -0.4 is 4.74 Å². The topological polar surface area (TPSA) is 79.7 Å². The molecule has 27 heavy (non-hydrogen) atoms. The van der Waals surface area contributed by atoms with E-state index in [1.165, 1.54) is 18.2 Å². The van der Waals surface area contributed by atoms with E-state index in [0.717, 1.165) is 24.4 Å². The molecule has 0 fully saturated rings. The van der Waals surface area contributed by atoms with Crippen LogP contribution in [0.15, 0.2) is 60.8 Å². The van der Waals surface area contributed by atoms with Crippen LogP contribution in [0.1, 0.15) is 15.9 Å². The lowest BCUT2D eigenvalue weighted by Crippen LogP contribution is -2.08. The maximum atomic E-state index is 13.5. The standard InChI is InChI=1S/C19H12F3NO4/c20-19(21,22)14-8-11(15-9-13(18(25)26)16(24)10-23-15)6-7-17(14)27-12-4-2-1-3-5-12/h1-10,24H,(H,25,26). The van der Waals surface area contributed by atoms with Gasteiger partial charge in [-0.1, -0.05) is 18.2 Å². The van der Waals surface area contributed by atoms with Gasteiger partial charge in [-0.15, -0.1) is 0 Å². The van der Waals surface area contributed by atoms with Crippen molar-refractivity contribution in [3.8, 4) is 28.5 Å². The lowest BCUT2D eigenvalue weighted by atomic mass is 10.0. The smallest absolute Gasteiger partial charge is 0.420 e. The Bertz CT molecular complexity index is 988. The zero-order valence-corrected chi connectivity index (χ0v) is 13.6. The van der Waals surface area contributed by atoms with Gasteiger partial charge >= 0.3 is 12.1 Å². The van der Waals surface area contributed by atoms with Gasteiger partial charge in [-0.05, 0) is 36.4 Å². The van der Waals surface area contributed by atoms with E-state index in [0.29, 0.717) is 0 Å². The number of carboxylic acids is 1. The van der Waals surface area contributed by atoms with E-state index in [1.54, 1.807) is 18.2 Å². The largest absolute Gasteiger partial charge is 0.505 e. The highest BCUT2D eigenvalue weighted by atomic mass is 19.4. The van der Waals surface area contributed by atoms with Crippen molar-refractivity contribution in [3.63, 3.8) is 0 Å². The predicted octanol–water partition coefficient (Wildman–Crippen LogP) is 4.96. The molecule has 2 N–H and O–H groups in total. The second kappa shape index (κ2) is 6.99. The highest BCUT2D eigenvalue weighted by molar-refractivity contribution is 5.91. The quantitative estimate of drug-likeness (QED) is 0.674. The first kappa shape index (κ1) is 18.2. The normalized spacial score (nSPS) is 11.2. The summed E-state index contributed by atoms with van der Waals surface area (Å²) in [5.41, 5.74) is -1.49. The van der Waals surface area contributed by atoms with Crippen molar-refractivity contribution in [3.05, 3.63) is 71.9 Å². The lowest BCUT2D eigenvalue weighted by Gasteiger charge is -2.15. The SMILES string of the molecule is O=C(O)c1cc(-c2ccc(Oc3ccccc3)c(C(F)(F)F)c2)ncc1O. The summed E-state index contributed by atoms with van der Waals surface area (Å²) in [6, 6.07) is 12.3. The Morgan fingerprint density at radius 1 is 1.04 bits per heavy atom. The summed E-state index contributed by atoms with van der Waals surface area (Å²) in [5, 5.41) is 18.5. The summed E-state index contributed by atoms with van der Waals surface area (Å²) < 4.78 is 45.8. The van der Waals surface area contributed by atoms with E-state index in [-0.39, 0.29) is 17.0 Å². The van der Waals surface area contributed by atoms with E-state index in [1.807, 2.05) is 0 Å². The number of halogens is 3. The second-order valence-corrected chi connectivity index (χ2v) is 5.52. The van der Waals surface area contributed by atoms with Gasteiger partial charge in [0.15, 0.2) is 0 Å². The number of carboxylic acid groups (broad SMARTS) is 1. The van der Waals surface area contributed by atoms with Crippen LogP contribution in [0.3, 0.4) is 0 Å². The third kappa shape index (κ3) is 4.00. The molecular formula is C19H12F3NO4. The summed E-state index contributed by atoms with van der Waals surface area (Å²) in [5.74, 6) is -2.15. The van der Waals surface area contributed by atoms with Crippen LogP contribution in [0.2, 0.25) is 0 Å². The molecule has 1 aromatic heterocycles. The van der Waals surface area contributed by atoms with Gasteiger partial charge in [0.25, 0.3) is 0 Å². The van der Waals surface area contributed by atoms with Gasteiger partial charge in [0, 0.05) is 5.56 Å². The molecular weight excluding hydrogens is 363 g/mol. The molecule has 0 aliphatic rings. The van der Waals surface area contributed by atoms with Crippen LogP contribution >= 0.6 is 0 Å². The molecule has 3 rings (SSSR count). The minimum atomic E-state index is -4.70. The molecule has 2 aromatic carbocycles. The monoisotopic (exact) mass is 375 g/mol. The summed E-state index contributed by atoms with van der Waals surface area (Å²) in [6.07, 6.45) is -3.83. The minimum absolute atomic E-state index is 0.0260. The van der Waals surface area contributed by atoms with Gasteiger partial charge in [-0.3, -0.25) is 4.98 Å². The number of hydrogen-bond donors (Lipinski definition) is 2. The molecule has 0 atom stereocenters. The van der Waals surface area contributed by atoms with Crippen molar-refractivity contribution >= 4 is 5.97 Å². The summed E-state index contributed by atoms with van der Waals surface area (Å²) in [7, 11) is 0. The van der Waals surface area contributed by atoms with Crippen LogP contribution in [-0.2, 0) is 6.18 Å². The minimum Gasteiger partial charge on any atom is -0.505 e. The van der Waals surface area contributed by atoms with Crippen molar-refractivity contribution in [2.75, 3.05) is 0 Å². The maximum absolute atomic E-state index is 13.5. The molecule has 0 aliphatic heterocycles. The van der Waals surface area contributed by atoms with E-state index in [4.69, 9.17) is 9.84 Å². The van der Waals surface area contributed by atoms with E-state index in [2.05, 4.69) is 4.98 Å². The Kier molecular flexibility index (Phi) is 4.72. The fourth-order valence-corrected chi connectivity index (χ4v) is 2.39. The Morgan fingerprint density at radius 2 is 1.74 bits per heavy atom. The number of aromatic nitrogens is 1. The van der Waals surface area contributed by atoms with Crippen LogP contribution in [-0.4, -0.2) is 21.2 Å². The zero-order valence-electron chi connectivity index (χ0n) is 13.6. The molecule has 8 heteroatoms. The fraction of sp³-hybridized carbons (Fsp3) is 0.0526. The number of pyridine rings is 1. The number of ether oxygens (including phenoxy) is 1. The average molecular weight is 375 g/mol. The molecule has 0 aliphatic carbocycles. The van der Waals surface area contributed by atoms with Crippen molar-refractivity contribution in [2.45, 2.75) is 6.18 Å². The molecule has 0 amide bonds. The number of carbonyl (C=O) groups is 1. The Balaban J connectivity index is 2.07. The molecule has 5 nitrogen and oxygen atoms in total. The maximum Gasteiger partial charge on any atom is 0.420 e. The van der Waals surface area contributed by atoms with Gasteiger partial charge in [-0.25, -0.2) is 4.79 Å². The fourth-order valence-electron chi connectivity index (χ4n) is 2.39. The molecule has 0 spiro atoms. The number of alkyl halides is 3. The van der Waals surface area contributed by atoms with Crippen LogP contribution in [0, 0.1) is 0 Å². The molecule has 1 heterocycles. The number of aromatic carboxylic acids is 1. The highest BCUT2D eigenvalue weighted by Crippen LogP contribution is 2.40. The Morgan fingerprint density at radius 3 is 2.37 bits per heavy atom. The zero-order chi connectivity index (χ0) is 19.6. The summed E-state index contributed by atoms with van der Waals surface area (Å²) in [4.78, 5) is 14.9. The second-order valence-electron chi connectivity index (χ2n) is 5.52. The Hall–Kier alpha value is -3.55. The first-order valence-corrected chi connectivity index (χ1v) is 7.62. The summed E-state index contributed by atoms with van der Waals surface area (Å²) >= 11 is 0. The number of aromatic hydroxyl groups is 1. The molecule has 0 saturated heterocycles. The van der Waals surface area contributed by atoms with Gasteiger partial charge < -0.3 is 14.9 Å². The van der Waals surface area contributed by atoms with Crippen LogP contribution in [0.25, 0.3) is 11.3 Å². The number of para-hydroxylation sites is 1. The molecule has 0 bridgehead atoms. The van der Waals surface area contributed by atoms with Gasteiger partial charge in [0.1, 0.15) is 22.8 Å². The van der Waals surface area contributed by atoms with Gasteiger partial charge in [-0.2, -0.15) is 13.2 Å². The van der Waals surface area contributed by atoms with E-state index in [9.17, 15) is 23.1 Å². The Labute approximate surface area is 151 Å². The molecule has 0 radical (unpaired) electrons. The first-order chi connectivity index (χ1) is 12.8. The van der Waals surface area contributed by atoms with Crippen molar-refractivity contribution in [2.24, 2.45) is 0 Å². The van der Waals surface area contributed by atoms with Gasteiger partial charge in [0.2, 0.25) is 0 Å². The van der Waals surface area contributed by atoms with Crippen molar-refractivity contribution in [1.82, 2.24) is 4.98 Å². The molecule has 0 unspecified atom stereocenters. The summed E-state index contributed by atoms with van der Waals surface area (Å²) in [6.45, 7) is 0. The number of rotatable bonds is 4. The highest BCUT2D eigenvalue weighted by Gasteiger charge is 2.35. The van der Waals surface area contributed by atoms with E-state index >= 15 is 0 Å². The van der Waals surface area contributed by atoms with Crippen LogP contribution in [0.4, 0.5) is 13.2 Å². The average Bonchev–Trinajstić information content (AvgIpc) is 2.62. The lowest BCUT2D eigenvalue weighted by molar-refractivity contribution is -0.138. The van der Waals surface area contributed by atoms with Crippen molar-refractivity contribution < 1.29 is 32.9 Å². The number of benzene rings is 2. The molecule has 3 aromatic rings. The number of hydrogen-bond acceptors (Lipinski definition) is 4. The van der Waals surface area contributed by atoms with Crippen molar-refractivity contribution in [1.29, 1.82) is 0 Å². The molecule has 0 saturated carbocycles.